The van der Waals surface area contributed by atoms with Gasteiger partial charge in [-0.3, -0.25) is 4.90 Å². The first kappa shape index (κ1) is 22.8. The molecule has 2 saturated heterocycles. The molecule has 2 aliphatic heterocycles. The van der Waals surface area contributed by atoms with Gasteiger partial charge in [-0.25, -0.2) is 9.97 Å². The Bertz CT molecular complexity index is 1310. The zero-order valence-electron chi connectivity index (χ0n) is 20.6. The van der Waals surface area contributed by atoms with Crippen molar-refractivity contribution in [1.82, 2.24) is 20.0 Å². The second-order valence-corrected chi connectivity index (χ2v) is 9.87. The minimum absolute atomic E-state index is 0.524. The molecule has 2 aliphatic rings. The SMILES string of the molecule is Cc1cccc(NCc2ccc(OC[C@@H]3CC[C@H]4CN(c5noc6ccccc56)CCN4C3)nc2)n1. The zero-order valence-corrected chi connectivity index (χ0v) is 20.6. The Morgan fingerprint density at radius 2 is 1.97 bits per heavy atom. The molecule has 0 saturated carbocycles. The third kappa shape index (κ3) is 4.99. The molecule has 2 fully saturated rings. The maximum absolute atomic E-state index is 6.08. The van der Waals surface area contributed by atoms with Crippen molar-refractivity contribution in [2.45, 2.75) is 32.4 Å². The van der Waals surface area contributed by atoms with Gasteiger partial charge in [0.25, 0.3) is 0 Å². The van der Waals surface area contributed by atoms with E-state index in [0.717, 1.165) is 60.0 Å². The van der Waals surface area contributed by atoms with Crippen molar-refractivity contribution in [3.05, 3.63) is 72.1 Å². The Balaban J connectivity index is 0.977. The van der Waals surface area contributed by atoms with Crippen LogP contribution in [0.1, 0.15) is 24.1 Å². The molecule has 3 aromatic heterocycles. The van der Waals surface area contributed by atoms with Crippen LogP contribution in [0.25, 0.3) is 11.0 Å². The topological polar surface area (TPSA) is 79.5 Å². The number of anilines is 2. The van der Waals surface area contributed by atoms with E-state index < -0.39 is 0 Å². The summed E-state index contributed by atoms with van der Waals surface area (Å²) in [6, 6.07) is 18.7. The van der Waals surface area contributed by atoms with Crippen molar-refractivity contribution in [2.24, 2.45) is 5.92 Å². The number of rotatable bonds is 7. The number of hydrogen-bond acceptors (Lipinski definition) is 8. The lowest BCUT2D eigenvalue weighted by atomic mass is 9.91. The summed E-state index contributed by atoms with van der Waals surface area (Å²) in [7, 11) is 0. The van der Waals surface area contributed by atoms with Gasteiger partial charge in [0.15, 0.2) is 11.4 Å². The molecule has 0 bridgehead atoms. The molecule has 4 aromatic rings. The minimum Gasteiger partial charge on any atom is -0.477 e. The second-order valence-electron chi connectivity index (χ2n) is 9.87. The highest BCUT2D eigenvalue weighted by Gasteiger charge is 2.34. The molecule has 8 heteroatoms. The number of para-hydroxylation sites is 1. The molecular formula is C28H32N6O2. The lowest BCUT2D eigenvalue weighted by molar-refractivity contribution is 0.0717. The number of fused-ring (bicyclic) bond motifs is 2. The highest BCUT2D eigenvalue weighted by atomic mass is 16.5. The fraction of sp³-hybridized carbons (Fsp3) is 0.393. The molecule has 5 heterocycles. The van der Waals surface area contributed by atoms with Gasteiger partial charge in [0.1, 0.15) is 5.82 Å². The normalized spacial score (nSPS) is 20.3. The fourth-order valence-corrected chi connectivity index (χ4v) is 5.33. The van der Waals surface area contributed by atoms with E-state index in [1.165, 1.54) is 12.8 Å². The van der Waals surface area contributed by atoms with Crippen LogP contribution in [-0.4, -0.2) is 58.9 Å². The molecule has 1 N–H and O–H groups in total. The molecule has 2 atom stereocenters. The number of ether oxygens (including phenoxy) is 1. The maximum Gasteiger partial charge on any atom is 0.213 e. The first-order valence-electron chi connectivity index (χ1n) is 12.8. The molecule has 0 spiro atoms. The average molecular weight is 485 g/mol. The van der Waals surface area contributed by atoms with Gasteiger partial charge in [-0.1, -0.05) is 29.4 Å². The Kier molecular flexibility index (Phi) is 6.42. The van der Waals surface area contributed by atoms with Crippen LogP contribution in [0.15, 0.2) is 65.3 Å². The summed E-state index contributed by atoms with van der Waals surface area (Å²) < 4.78 is 11.6. The third-order valence-corrected chi connectivity index (χ3v) is 7.29. The van der Waals surface area contributed by atoms with Gasteiger partial charge in [-0.05, 0) is 49.6 Å². The summed E-state index contributed by atoms with van der Waals surface area (Å²) in [6.45, 7) is 7.46. The molecule has 6 rings (SSSR count). The van der Waals surface area contributed by atoms with Crippen molar-refractivity contribution < 1.29 is 9.26 Å². The summed E-state index contributed by atoms with van der Waals surface area (Å²) >= 11 is 0. The van der Waals surface area contributed by atoms with Crippen LogP contribution in [0.2, 0.25) is 0 Å². The van der Waals surface area contributed by atoms with Crippen molar-refractivity contribution in [3.63, 3.8) is 0 Å². The Labute approximate surface area is 211 Å². The van der Waals surface area contributed by atoms with Gasteiger partial charge in [-0.2, -0.15) is 0 Å². The summed E-state index contributed by atoms with van der Waals surface area (Å²) in [4.78, 5) is 14.0. The fourth-order valence-electron chi connectivity index (χ4n) is 5.33. The van der Waals surface area contributed by atoms with Gasteiger partial charge in [0, 0.05) is 62.6 Å². The van der Waals surface area contributed by atoms with E-state index >= 15 is 0 Å². The molecule has 8 nitrogen and oxygen atoms in total. The smallest absolute Gasteiger partial charge is 0.213 e. The summed E-state index contributed by atoms with van der Waals surface area (Å²) in [5.41, 5.74) is 2.96. The first-order valence-corrected chi connectivity index (χ1v) is 12.8. The number of piperidine rings is 1. The number of nitrogens with one attached hydrogen (secondary N) is 1. The summed E-state index contributed by atoms with van der Waals surface area (Å²) in [5.74, 6) is 3.07. The van der Waals surface area contributed by atoms with Crippen LogP contribution in [-0.2, 0) is 6.54 Å². The number of nitrogens with zero attached hydrogens (tertiary/aromatic N) is 5. The van der Waals surface area contributed by atoms with E-state index in [0.29, 0.717) is 31.0 Å². The van der Waals surface area contributed by atoms with Crippen molar-refractivity contribution in [1.29, 1.82) is 0 Å². The van der Waals surface area contributed by atoms with Crippen LogP contribution < -0.4 is 15.0 Å². The quantitative estimate of drug-likeness (QED) is 0.410. The van der Waals surface area contributed by atoms with Gasteiger partial charge < -0.3 is 19.5 Å². The number of hydrogen-bond donors (Lipinski definition) is 1. The van der Waals surface area contributed by atoms with Crippen LogP contribution in [0.3, 0.4) is 0 Å². The van der Waals surface area contributed by atoms with Gasteiger partial charge >= 0.3 is 0 Å². The number of aromatic nitrogens is 3. The van der Waals surface area contributed by atoms with Crippen molar-refractivity contribution in [2.75, 3.05) is 43.0 Å². The molecular weight excluding hydrogens is 452 g/mol. The Morgan fingerprint density at radius 3 is 2.86 bits per heavy atom. The largest absolute Gasteiger partial charge is 0.477 e. The van der Waals surface area contributed by atoms with E-state index in [1.54, 1.807) is 0 Å². The standard InChI is InChI=1S/C28H32N6O2/c1-20-5-4-8-26(31-20)29-15-21-10-12-27(30-16-21)35-19-22-9-11-23-18-34(14-13-33(23)17-22)28-24-6-2-3-7-25(24)36-32-28/h2-8,10,12,16,22-23H,9,11,13-15,17-19H2,1H3,(H,29,31)/t22-,23+/m1/s1. The monoisotopic (exact) mass is 484 g/mol. The van der Waals surface area contributed by atoms with Gasteiger partial charge in [0.2, 0.25) is 5.88 Å². The van der Waals surface area contributed by atoms with Crippen LogP contribution in [0.5, 0.6) is 5.88 Å². The predicted molar refractivity (Wildman–Crippen MR) is 140 cm³/mol. The van der Waals surface area contributed by atoms with Crippen LogP contribution in [0.4, 0.5) is 11.6 Å². The maximum atomic E-state index is 6.08. The molecule has 0 amide bonds. The van der Waals surface area contributed by atoms with Gasteiger partial charge in [-0.15, -0.1) is 0 Å². The lowest BCUT2D eigenvalue weighted by Crippen LogP contribution is -2.57. The van der Waals surface area contributed by atoms with Crippen LogP contribution >= 0.6 is 0 Å². The van der Waals surface area contributed by atoms with E-state index in [4.69, 9.17) is 9.26 Å². The summed E-state index contributed by atoms with van der Waals surface area (Å²) in [5, 5.41) is 8.82. The third-order valence-electron chi connectivity index (χ3n) is 7.29. The average Bonchev–Trinajstić information content (AvgIpc) is 3.35. The van der Waals surface area contributed by atoms with E-state index in [9.17, 15) is 0 Å². The molecule has 1 aromatic carbocycles. The second kappa shape index (κ2) is 10.1. The lowest BCUT2D eigenvalue weighted by Gasteiger charge is -2.46. The highest BCUT2D eigenvalue weighted by Crippen LogP contribution is 2.31. The Morgan fingerprint density at radius 1 is 1.03 bits per heavy atom. The predicted octanol–water partition coefficient (Wildman–Crippen LogP) is 4.52. The van der Waals surface area contributed by atoms with Gasteiger partial charge in [0.05, 0.1) is 12.0 Å². The first-order chi connectivity index (χ1) is 17.7. The molecule has 36 heavy (non-hydrogen) atoms. The minimum atomic E-state index is 0.524. The molecule has 186 valence electrons. The van der Waals surface area contributed by atoms with Crippen molar-refractivity contribution in [3.8, 4) is 5.88 Å². The molecule has 0 aliphatic carbocycles. The van der Waals surface area contributed by atoms with E-state index in [-0.39, 0.29) is 0 Å². The summed E-state index contributed by atoms with van der Waals surface area (Å²) in [6.07, 6.45) is 4.22. The number of piperazine rings is 1. The van der Waals surface area contributed by atoms with Crippen LogP contribution in [0, 0.1) is 12.8 Å². The number of pyridine rings is 2. The van der Waals surface area contributed by atoms with E-state index in [2.05, 4.69) is 42.4 Å². The number of benzene rings is 1. The molecule has 0 radical (unpaired) electrons. The molecule has 0 unspecified atom stereocenters. The van der Waals surface area contributed by atoms with E-state index in [1.807, 2.05) is 55.6 Å². The zero-order chi connectivity index (χ0) is 24.3. The Hall–Kier alpha value is -3.65. The number of aryl methyl sites for hydroxylation is 1. The van der Waals surface area contributed by atoms with Crippen molar-refractivity contribution >= 4 is 22.6 Å². The highest BCUT2D eigenvalue weighted by molar-refractivity contribution is 5.88.